The SMILES string of the molecule is CC1(C)c2ccccc2-c2cc3c4cc5c(cc4n(-c4cc(Oc6nc(-c7ccccc7)cc(-c7ccccc7)n6)cc(Oc6nc(-c7ccccc7)cc(-c7ccccc7)n6)c4)c3cc21)C(C)(C)c1ccccc1-5. The second kappa shape index (κ2) is 17.1. The number of rotatable bonds is 9. The largest absolute Gasteiger partial charge is 0.424 e. The summed E-state index contributed by atoms with van der Waals surface area (Å²) in [5, 5.41) is 2.32. The fourth-order valence-corrected chi connectivity index (χ4v) is 11.7. The molecule has 0 saturated heterocycles. The van der Waals surface area contributed by atoms with Gasteiger partial charge in [-0.25, -0.2) is 0 Å². The minimum Gasteiger partial charge on any atom is -0.424 e. The van der Waals surface area contributed by atoms with Crippen LogP contribution in [-0.4, -0.2) is 24.5 Å². The predicted octanol–water partition coefficient (Wildman–Crippen LogP) is 17.2. The lowest BCUT2D eigenvalue weighted by Gasteiger charge is -2.22. The molecule has 3 aromatic heterocycles. The zero-order valence-corrected chi connectivity index (χ0v) is 41.9. The maximum Gasteiger partial charge on any atom is 0.323 e. The summed E-state index contributed by atoms with van der Waals surface area (Å²) in [7, 11) is 0. The van der Waals surface area contributed by atoms with Crippen molar-refractivity contribution >= 4 is 21.8 Å². The third-order valence-electron chi connectivity index (χ3n) is 15.4. The molecule has 3 heterocycles. The lowest BCUT2D eigenvalue weighted by molar-refractivity contribution is 0.423. The van der Waals surface area contributed by atoms with Crippen LogP contribution in [0.1, 0.15) is 49.9 Å². The molecule has 2 aliphatic carbocycles. The van der Waals surface area contributed by atoms with E-state index in [4.69, 9.17) is 29.4 Å². The molecular formula is C68H49N5O2. The van der Waals surface area contributed by atoms with Gasteiger partial charge in [-0.3, -0.25) is 0 Å². The van der Waals surface area contributed by atoms with E-state index in [0.717, 1.165) is 72.5 Å². The van der Waals surface area contributed by atoms with Crippen LogP contribution >= 0.6 is 0 Å². The second-order valence-corrected chi connectivity index (χ2v) is 20.7. The van der Waals surface area contributed by atoms with Crippen molar-refractivity contribution in [3.05, 3.63) is 247 Å². The Hall–Kier alpha value is -9.46. The van der Waals surface area contributed by atoms with E-state index in [1.165, 1.54) is 44.5 Å². The number of ether oxygens (including phenoxy) is 2. The quantitative estimate of drug-likeness (QED) is 0.143. The number of aromatic nitrogens is 5. The first-order valence-corrected chi connectivity index (χ1v) is 25.5. The van der Waals surface area contributed by atoms with Gasteiger partial charge in [0.15, 0.2) is 0 Å². The van der Waals surface area contributed by atoms with Crippen molar-refractivity contribution in [3.63, 3.8) is 0 Å². The molecule has 7 nitrogen and oxygen atoms in total. The smallest absolute Gasteiger partial charge is 0.323 e. The molecule has 358 valence electrons. The third-order valence-corrected chi connectivity index (χ3v) is 15.4. The van der Waals surface area contributed by atoms with Crippen LogP contribution < -0.4 is 9.47 Å². The summed E-state index contributed by atoms with van der Waals surface area (Å²) in [6.07, 6.45) is 0. The summed E-state index contributed by atoms with van der Waals surface area (Å²) >= 11 is 0. The van der Waals surface area contributed by atoms with Crippen LogP contribution in [0.3, 0.4) is 0 Å². The molecule has 0 unspecified atom stereocenters. The van der Waals surface area contributed by atoms with Crippen molar-refractivity contribution in [1.29, 1.82) is 0 Å². The average molecular weight is 968 g/mol. The zero-order chi connectivity index (χ0) is 50.4. The Morgan fingerprint density at radius 1 is 0.320 bits per heavy atom. The molecule has 0 N–H and O–H groups in total. The van der Waals surface area contributed by atoms with Gasteiger partial charge in [-0.2, -0.15) is 19.9 Å². The molecule has 12 aromatic rings. The molecule has 0 aliphatic heterocycles. The molecule has 2 aliphatic rings. The molecule has 0 fully saturated rings. The minimum absolute atomic E-state index is 0.198. The summed E-state index contributed by atoms with van der Waals surface area (Å²) in [6.45, 7) is 9.35. The number of hydrogen-bond acceptors (Lipinski definition) is 6. The fourth-order valence-electron chi connectivity index (χ4n) is 11.7. The topological polar surface area (TPSA) is 75.0 Å². The Morgan fingerprint density at radius 2 is 0.653 bits per heavy atom. The Labute approximate surface area is 435 Å². The molecular weight excluding hydrogens is 919 g/mol. The molecule has 75 heavy (non-hydrogen) atoms. The van der Waals surface area contributed by atoms with Gasteiger partial charge in [0.25, 0.3) is 0 Å². The molecule has 0 radical (unpaired) electrons. The van der Waals surface area contributed by atoms with Gasteiger partial charge in [0, 0.05) is 62.1 Å². The van der Waals surface area contributed by atoms with Gasteiger partial charge in [-0.1, -0.05) is 198 Å². The van der Waals surface area contributed by atoms with Crippen molar-refractivity contribution < 1.29 is 9.47 Å². The van der Waals surface area contributed by atoms with Gasteiger partial charge in [-0.15, -0.1) is 0 Å². The van der Waals surface area contributed by atoms with Crippen LogP contribution in [0.15, 0.2) is 224 Å². The Bertz CT molecular complexity index is 3840. The summed E-state index contributed by atoms with van der Waals surface area (Å²) in [5.74, 6) is 0.957. The fraction of sp³-hybridized carbons (Fsp3) is 0.0882. The van der Waals surface area contributed by atoms with Crippen LogP contribution in [0.25, 0.3) is 94.8 Å². The Balaban J connectivity index is 1.02. The number of hydrogen-bond donors (Lipinski definition) is 0. The Morgan fingerprint density at radius 3 is 1.01 bits per heavy atom. The van der Waals surface area contributed by atoms with Crippen LogP contribution in [-0.2, 0) is 10.8 Å². The molecule has 0 atom stereocenters. The average Bonchev–Trinajstić information content (AvgIpc) is 4.12. The third kappa shape index (κ3) is 7.41. The monoisotopic (exact) mass is 967 g/mol. The van der Waals surface area contributed by atoms with Crippen LogP contribution in [0, 0.1) is 0 Å². The number of nitrogens with zero attached hydrogens (tertiary/aromatic N) is 5. The molecule has 0 saturated carbocycles. The molecule has 0 spiro atoms. The summed E-state index contributed by atoms with van der Waals surface area (Å²) in [6, 6.07) is 78.4. The Kier molecular flexibility index (Phi) is 10.1. The summed E-state index contributed by atoms with van der Waals surface area (Å²) in [4.78, 5) is 20.3. The lowest BCUT2D eigenvalue weighted by Crippen LogP contribution is -2.15. The molecule has 9 aromatic carbocycles. The highest BCUT2D eigenvalue weighted by Crippen LogP contribution is 2.54. The normalized spacial score (nSPS) is 13.5. The van der Waals surface area contributed by atoms with Crippen molar-refractivity contribution in [2.75, 3.05) is 0 Å². The second-order valence-electron chi connectivity index (χ2n) is 20.7. The summed E-state index contributed by atoms with van der Waals surface area (Å²) in [5.41, 5.74) is 19.5. The highest BCUT2D eigenvalue weighted by molar-refractivity contribution is 6.13. The van der Waals surface area contributed by atoms with Gasteiger partial charge in [0.1, 0.15) is 11.5 Å². The molecule has 7 heteroatoms. The van der Waals surface area contributed by atoms with E-state index in [1.807, 2.05) is 91.0 Å². The standard InChI is InChI=1S/C68H49N5O2/c1-67(2)55-31-19-17-29-49(55)51-36-53-54-37-52-50-30-18-20-32-56(50)68(3,4)58(52)39-64(54)73(63(53)38-57(51)67)46-33-47(74-65-69-59(42-21-9-5-10-22-42)40-60(70-65)43-23-11-6-12-24-43)35-48(34-46)75-66-71-61(44-25-13-7-14-26-44)41-62(72-66)45-27-15-8-16-28-45/h5-41H,1-4H3. The van der Waals surface area contributed by atoms with E-state index < -0.39 is 0 Å². The summed E-state index contributed by atoms with van der Waals surface area (Å²) < 4.78 is 16.3. The molecule has 0 amide bonds. The lowest BCUT2D eigenvalue weighted by atomic mass is 9.82. The van der Waals surface area contributed by atoms with Gasteiger partial charge < -0.3 is 14.0 Å². The van der Waals surface area contributed by atoms with E-state index in [2.05, 4.69) is 166 Å². The van der Waals surface area contributed by atoms with Gasteiger partial charge in [-0.05, 0) is 80.9 Å². The van der Waals surface area contributed by atoms with Crippen LogP contribution in [0.4, 0.5) is 0 Å². The van der Waals surface area contributed by atoms with Crippen molar-refractivity contribution in [3.8, 4) is 96.5 Å². The van der Waals surface area contributed by atoms with E-state index in [1.54, 1.807) is 0 Å². The van der Waals surface area contributed by atoms with E-state index in [0.29, 0.717) is 11.5 Å². The van der Waals surface area contributed by atoms with Crippen molar-refractivity contribution in [2.45, 2.75) is 38.5 Å². The predicted molar refractivity (Wildman–Crippen MR) is 302 cm³/mol. The highest BCUT2D eigenvalue weighted by Gasteiger charge is 2.39. The van der Waals surface area contributed by atoms with Gasteiger partial charge >= 0.3 is 12.0 Å². The van der Waals surface area contributed by atoms with E-state index >= 15 is 0 Å². The highest BCUT2D eigenvalue weighted by atomic mass is 16.5. The maximum atomic E-state index is 6.97. The van der Waals surface area contributed by atoms with Crippen LogP contribution in [0.2, 0.25) is 0 Å². The van der Waals surface area contributed by atoms with E-state index in [-0.39, 0.29) is 22.9 Å². The number of fused-ring (bicyclic) bond motifs is 9. The zero-order valence-electron chi connectivity index (χ0n) is 41.9. The molecule has 14 rings (SSSR count). The van der Waals surface area contributed by atoms with Crippen molar-refractivity contribution in [1.82, 2.24) is 24.5 Å². The maximum absolute atomic E-state index is 6.97. The molecule has 0 bridgehead atoms. The van der Waals surface area contributed by atoms with Gasteiger partial charge in [0.2, 0.25) is 0 Å². The van der Waals surface area contributed by atoms with Gasteiger partial charge in [0.05, 0.1) is 39.5 Å². The van der Waals surface area contributed by atoms with E-state index in [9.17, 15) is 0 Å². The first-order chi connectivity index (χ1) is 36.6. The number of benzene rings is 9. The first-order valence-electron chi connectivity index (χ1n) is 25.5. The van der Waals surface area contributed by atoms with Crippen LogP contribution in [0.5, 0.6) is 23.5 Å². The minimum atomic E-state index is -0.238. The van der Waals surface area contributed by atoms with Crippen molar-refractivity contribution in [2.24, 2.45) is 0 Å². The first kappa shape index (κ1) is 44.3.